The quantitative estimate of drug-likeness (QED) is 0.910. The minimum absolute atomic E-state index is 0.698. The van der Waals surface area contributed by atoms with Crippen molar-refractivity contribution in [2.45, 2.75) is 25.7 Å². The van der Waals surface area contributed by atoms with Gasteiger partial charge in [0.2, 0.25) is 0 Å². The molecule has 2 nitrogen and oxygen atoms in total. The molecule has 1 heterocycles. The maximum absolute atomic E-state index is 6.34. The molecule has 0 radical (unpaired) electrons. The summed E-state index contributed by atoms with van der Waals surface area (Å²) in [5, 5.41) is 1.54. The van der Waals surface area contributed by atoms with Crippen molar-refractivity contribution in [2.24, 2.45) is 5.73 Å². The monoisotopic (exact) mass is 272 g/mol. The molecular weight excluding hydrogens is 255 g/mol. The molecule has 0 unspecified atom stereocenters. The highest BCUT2D eigenvalue weighted by Crippen LogP contribution is 2.37. The molecule has 1 aromatic rings. The third kappa shape index (κ3) is 3.06. The number of hydrogen-bond donors (Lipinski definition) is 1. The second-order valence-electron chi connectivity index (χ2n) is 4.49. The lowest BCUT2D eigenvalue weighted by Crippen LogP contribution is -2.18. The fourth-order valence-electron chi connectivity index (χ4n) is 2.31. The van der Waals surface area contributed by atoms with Crippen LogP contribution in [0.2, 0.25) is 10.0 Å². The number of nitrogens with two attached hydrogens (primary N) is 1. The Balaban J connectivity index is 2.22. The van der Waals surface area contributed by atoms with Gasteiger partial charge in [0.25, 0.3) is 0 Å². The van der Waals surface area contributed by atoms with Crippen molar-refractivity contribution >= 4 is 28.9 Å². The third-order valence-corrected chi connectivity index (χ3v) is 3.74. The molecule has 0 saturated carbocycles. The lowest BCUT2D eigenvalue weighted by Gasteiger charge is -2.21. The lowest BCUT2D eigenvalue weighted by atomic mass is 10.1. The summed E-state index contributed by atoms with van der Waals surface area (Å²) < 4.78 is 0. The van der Waals surface area contributed by atoms with Gasteiger partial charge in [-0.2, -0.15) is 0 Å². The molecule has 1 fully saturated rings. The first-order chi connectivity index (χ1) is 8.22. The van der Waals surface area contributed by atoms with Gasteiger partial charge in [0.05, 0.1) is 15.7 Å². The molecule has 0 aromatic heterocycles. The fourth-order valence-corrected chi connectivity index (χ4v) is 3.08. The average Bonchev–Trinajstić information content (AvgIpc) is 2.79. The van der Waals surface area contributed by atoms with Crippen molar-refractivity contribution < 1.29 is 0 Å². The molecule has 1 aliphatic heterocycles. The Hall–Kier alpha value is -0.440. The minimum Gasteiger partial charge on any atom is -0.369 e. The Bertz CT molecular complexity index is 364. The molecule has 94 valence electrons. The van der Waals surface area contributed by atoms with Crippen LogP contribution in [0.1, 0.15) is 24.8 Å². The van der Waals surface area contributed by atoms with E-state index in [1.807, 2.05) is 12.1 Å². The zero-order valence-corrected chi connectivity index (χ0v) is 11.4. The van der Waals surface area contributed by atoms with Crippen LogP contribution >= 0.6 is 23.2 Å². The van der Waals surface area contributed by atoms with Gasteiger partial charge in [-0.05, 0) is 49.9 Å². The number of rotatable bonds is 4. The molecule has 1 aromatic carbocycles. The average molecular weight is 273 g/mol. The normalized spacial score (nSPS) is 15.6. The Morgan fingerprint density at radius 1 is 1.12 bits per heavy atom. The van der Waals surface area contributed by atoms with Gasteiger partial charge in [-0.3, -0.25) is 0 Å². The summed E-state index contributed by atoms with van der Waals surface area (Å²) in [6.45, 7) is 2.81. The van der Waals surface area contributed by atoms with Crippen molar-refractivity contribution in [3.05, 3.63) is 27.7 Å². The van der Waals surface area contributed by atoms with Crippen molar-refractivity contribution in [1.29, 1.82) is 0 Å². The van der Waals surface area contributed by atoms with Crippen LogP contribution in [0.15, 0.2) is 12.1 Å². The van der Waals surface area contributed by atoms with Gasteiger partial charge in [-0.25, -0.2) is 0 Å². The molecule has 0 spiro atoms. The Labute approximate surface area is 113 Å². The molecule has 0 bridgehead atoms. The van der Waals surface area contributed by atoms with E-state index in [0.29, 0.717) is 6.54 Å². The van der Waals surface area contributed by atoms with E-state index in [2.05, 4.69) is 4.90 Å². The molecule has 4 heteroatoms. The van der Waals surface area contributed by atoms with Gasteiger partial charge in [0.15, 0.2) is 0 Å². The summed E-state index contributed by atoms with van der Waals surface area (Å²) in [4.78, 5) is 2.28. The number of nitrogens with zero attached hydrogens (tertiary/aromatic N) is 1. The first-order valence-electron chi connectivity index (χ1n) is 6.15. The molecular formula is C13H18Cl2N2. The van der Waals surface area contributed by atoms with Gasteiger partial charge in [0.1, 0.15) is 0 Å². The zero-order valence-electron chi connectivity index (χ0n) is 9.88. The van der Waals surface area contributed by atoms with E-state index < -0.39 is 0 Å². The highest BCUT2D eigenvalue weighted by molar-refractivity contribution is 6.39. The van der Waals surface area contributed by atoms with E-state index in [1.165, 1.54) is 18.4 Å². The summed E-state index contributed by atoms with van der Waals surface area (Å²) >= 11 is 12.7. The van der Waals surface area contributed by atoms with Crippen molar-refractivity contribution in [3.63, 3.8) is 0 Å². The molecule has 0 atom stereocenters. The molecule has 2 N–H and O–H groups in total. The van der Waals surface area contributed by atoms with E-state index in [4.69, 9.17) is 28.9 Å². The number of anilines is 1. The smallest absolute Gasteiger partial charge is 0.0745 e. The van der Waals surface area contributed by atoms with Crippen LogP contribution in [-0.4, -0.2) is 19.6 Å². The van der Waals surface area contributed by atoms with Crippen molar-refractivity contribution in [3.8, 4) is 0 Å². The van der Waals surface area contributed by atoms with Crippen LogP contribution < -0.4 is 10.6 Å². The van der Waals surface area contributed by atoms with Gasteiger partial charge in [-0.1, -0.05) is 23.2 Å². The summed E-state index contributed by atoms with van der Waals surface area (Å²) in [6, 6.07) is 4.05. The van der Waals surface area contributed by atoms with E-state index in [9.17, 15) is 0 Å². The van der Waals surface area contributed by atoms with Crippen LogP contribution in [0.4, 0.5) is 5.69 Å². The Morgan fingerprint density at radius 3 is 2.24 bits per heavy atom. The first-order valence-corrected chi connectivity index (χ1v) is 6.91. The van der Waals surface area contributed by atoms with Crippen LogP contribution in [0, 0.1) is 0 Å². The molecule has 0 amide bonds. The van der Waals surface area contributed by atoms with E-state index in [0.717, 1.165) is 41.7 Å². The first kappa shape index (κ1) is 13.0. The zero-order chi connectivity index (χ0) is 12.3. The molecule has 1 saturated heterocycles. The highest BCUT2D eigenvalue weighted by atomic mass is 35.5. The summed E-state index contributed by atoms with van der Waals surface area (Å²) in [7, 11) is 0. The Morgan fingerprint density at radius 2 is 1.71 bits per heavy atom. The van der Waals surface area contributed by atoms with E-state index in [1.54, 1.807) is 0 Å². The van der Waals surface area contributed by atoms with Crippen molar-refractivity contribution in [1.82, 2.24) is 0 Å². The molecule has 1 aliphatic rings. The van der Waals surface area contributed by atoms with E-state index >= 15 is 0 Å². The topological polar surface area (TPSA) is 29.3 Å². The van der Waals surface area contributed by atoms with Crippen LogP contribution in [0.5, 0.6) is 0 Å². The molecule has 17 heavy (non-hydrogen) atoms. The summed E-state index contributed by atoms with van der Waals surface area (Å²) in [5.74, 6) is 0. The van der Waals surface area contributed by atoms with Crippen molar-refractivity contribution in [2.75, 3.05) is 24.5 Å². The van der Waals surface area contributed by atoms with Gasteiger partial charge in [-0.15, -0.1) is 0 Å². The van der Waals surface area contributed by atoms with Crippen LogP contribution in [0.3, 0.4) is 0 Å². The number of benzene rings is 1. The van der Waals surface area contributed by atoms with Gasteiger partial charge < -0.3 is 10.6 Å². The summed E-state index contributed by atoms with van der Waals surface area (Å²) in [5.41, 5.74) is 7.68. The largest absolute Gasteiger partial charge is 0.369 e. The molecule has 2 rings (SSSR count). The predicted octanol–water partition coefficient (Wildman–Crippen LogP) is 3.48. The van der Waals surface area contributed by atoms with Crippen LogP contribution in [-0.2, 0) is 6.42 Å². The molecule has 0 aliphatic carbocycles. The van der Waals surface area contributed by atoms with E-state index in [-0.39, 0.29) is 0 Å². The third-order valence-electron chi connectivity index (χ3n) is 3.17. The number of halogens is 2. The SMILES string of the molecule is NCCCc1cc(Cl)c(N2CCCC2)c(Cl)c1. The standard InChI is InChI=1S/C13H18Cl2N2/c14-11-8-10(4-3-5-16)9-12(15)13(11)17-6-1-2-7-17/h8-9H,1-7,16H2. The number of hydrogen-bond acceptors (Lipinski definition) is 2. The minimum atomic E-state index is 0.698. The summed E-state index contributed by atoms with van der Waals surface area (Å²) in [6.07, 6.45) is 4.36. The predicted molar refractivity (Wildman–Crippen MR) is 75.3 cm³/mol. The maximum atomic E-state index is 6.34. The van der Waals surface area contributed by atoms with Crippen LogP contribution in [0.25, 0.3) is 0 Å². The Kier molecular flexibility index (Phi) is 4.55. The van der Waals surface area contributed by atoms with Gasteiger partial charge >= 0.3 is 0 Å². The van der Waals surface area contributed by atoms with Gasteiger partial charge in [0, 0.05) is 13.1 Å². The fraction of sp³-hybridized carbons (Fsp3) is 0.538. The number of aryl methyl sites for hydroxylation is 1. The second-order valence-corrected chi connectivity index (χ2v) is 5.31. The lowest BCUT2D eigenvalue weighted by molar-refractivity contribution is 0.832. The maximum Gasteiger partial charge on any atom is 0.0745 e. The second kappa shape index (κ2) is 5.94. The highest BCUT2D eigenvalue weighted by Gasteiger charge is 2.18.